The minimum Gasteiger partial charge on any atom is -0.385 e. The van der Waals surface area contributed by atoms with E-state index in [-0.39, 0.29) is 17.5 Å². The van der Waals surface area contributed by atoms with Crippen molar-refractivity contribution in [2.75, 3.05) is 13.7 Å². The van der Waals surface area contributed by atoms with Gasteiger partial charge < -0.3 is 10.5 Å². The molecule has 1 aromatic heterocycles. The Bertz CT molecular complexity index is 459. The van der Waals surface area contributed by atoms with Crippen molar-refractivity contribution >= 4 is 10.0 Å². The van der Waals surface area contributed by atoms with Crippen LogP contribution in [0.5, 0.6) is 0 Å². The smallest absolute Gasteiger partial charge is 0.242 e. The van der Waals surface area contributed by atoms with E-state index in [2.05, 4.69) is 9.71 Å². The summed E-state index contributed by atoms with van der Waals surface area (Å²) in [5.74, 6) is 0. The van der Waals surface area contributed by atoms with Crippen molar-refractivity contribution < 1.29 is 13.2 Å². The molecule has 0 saturated carbocycles. The Hall–Kier alpha value is -1.02. The predicted octanol–water partition coefficient (Wildman–Crippen LogP) is 0.244. The summed E-state index contributed by atoms with van der Waals surface area (Å²) in [5.41, 5.74) is 6.06. The standard InChI is InChI=1S/C11H19N3O3S/c1-9(5-6-17-2)14-18(15,16)11-4-3-10(7-12)13-8-11/h3-4,8-9,14H,5-7,12H2,1-2H3. The number of hydrogen-bond donors (Lipinski definition) is 2. The first-order chi connectivity index (χ1) is 8.49. The molecule has 0 fully saturated rings. The quantitative estimate of drug-likeness (QED) is 0.742. The van der Waals surface area contributed by atoms with E-state index in [1.807, 2.05) is 0 Å². The van der Waals surface area contributed by atoms with Gasteiger partial charge in [-0.15, -0.1) is 0 Å². The summed E-state index contributed by atoms with van der Waals surface area (Å²) in [4.78, 5) is 4.11. The van der Waals surface area contributed by atoms with Crippen molar-refractivity contribution in [2.45, 2.75) is 30.8 Å². The van der Waals surface area contributed by atoms with Gasteiger partial charge >= 0.3 is 0 Å². The van der Waals surface area contributed by atoms with Gasteiger partial charge in [0.25, 0.3) is 0 Å². The summed E-state index contributed by atoms with van der Waals surface area (Å²) in [6.45, 7) is 2.59. The lowest BCUT2D eigenvalue weighted by molar-refractivity contribution is 0.188. The largest absolute Gasteiger partial charge is 0.385 e. The number of aromatic nitrogens is 1. The molecule has 3 N–H and O–H groups in total. The SMILES string of the molecule is COCCC(C)NS(=O)(=O)c1ccc(CN)nc1. The molecule has 0 aromatic carbocycles. The van der Waals surface area contributed by atoms with Gasteiger partial charge in [-0.25, -0.2) is 13.1 Å². The molecule has 0 saturated heterocycles. The van der Waals surface area contributed by atoms with Crippen molar-refractivity contribution in [3.63, 3.8) is 0 Å². The summed E-state index contributed by atoms with van der Waals surface area (Å²) >= 11 is 0. The van der Waals surface area contributed by atoms with E-state index in [9.17, 15) is 8.42 Å². The predicted molar refractivity (Wildman–Crippen MR) is 68.4 cm³/mol. The zero-order valence-corrected chi connectivity index (χ0v) is 11.4. The van der Waals surface area contributed by atoms with Gasteiger partial charge in [-0.3, -0.25) is 4.98 Å². The van der Waals surface area contributed by atoms with Crippen LogP contribution in [0.15, 0.2) is 23.2 Å². The lowest BCUT2D eigenvalue weighted by atomic mass is 10.3. The van der Waals surface area contributed by atoms with Crippen molar-refractivity contribution in [3.8, 4) is 0 Å². The zero-order chi connectivity index (χ0) is 13.6. The van der Waals surface area contributed by atoms with E-state index in [4.69, 9.17) is 10.5 Å². The second kappa shape index (κ2) is 6.79. The topological polar surface area (TPSA) is 94.3 Å². The van der Waals surface area contributed by atoms with Crippen LogP contribution in [0.4, 0.5) is 0 Å². The molecule has 102 valence electrons. The van der Waals surface area contributed by atoms with E-state index in [1.165, 1.54) is 12.3 Å². The van der Waals surface area contributed by atoms with E-state index in [1.54, 1.807) is 20.1 Å². The summed E-state index contributed by atoms with van der Waals surface area (Å²) < 4.78 is 31.4. The Morgan fingerprint density at radius 2 is 2.22 bits per heavy atom. The van der Waals surface area contributed by atoms with Crippen molar-refractivity contribution in [3.05, 3.63) is 24.0 Å². The Morgan fingerprint density at radius 1 is 1.50 bits per heavy atom. The average molecular weight is 273 g/mol. The third-order valence-electron chi connectivity index (χ3n) is 2.43. The molecule has 6 nitrogen and oxygen atoms in total. The number of methoxy groups -OCH3 is 1. The maximum Gasteiger partial charge on any atom is 0.242 e. The second-order valence-corrected chi connectivity index (χ2v) is 5.71. The fourth-order valence-corrected chi connectivity index (χ4v) is 2.60. The minimum absolute atomic E-state index is 0.143. The summed E-state index contributed by atoms with van der Waals surface area (Å²) in [6, 6.07) is 2.92. The van der Waals surface area contributed by atoms with Gasteiger partial charge in [0.15, 0.2) is 0 Å². The Labute approximate surface area is 108 Å². The van der Waals surface area contributed by atoms with Crippen molar-refractivity contribution in [1.82, 2.24) is 9.71 Å². The van der Waals surface area contributed by atoms with Crippen LogP contribution in [0.3, 0.4) is 0 Å². The fourth-order valence-electron chi connectivity index (χ4n) is 1.38. The van der Waals surface area contributed by atoms with Gasteiger partial charge in [-0.2, -0.15) is 0 Å². The minimum atomic E-state index is -3.52. The molecule has 0 aliphatic rings. The number of nitrogens with two attached hydrogens (primary N) is 1. The van der Waals surface area contributed by atoms with Crippen LogP contribution in [0.25, 0.3) is 0 Å². The van der Waals surface area contributed by atoms with Gasteiger partial charge in [-0.1, -0.05) is 0 Å². The third kappa shape index (κ3) is 4.34. The number of sulfonamides is 1. The number of ether oxygens (including phenoxy) is 1. The first-order valence-electron chi connectivity index (χ1n) is 5.66. The summed E-state index contributed by atoms with van der Waals surface area (Å²) in [5, 5.41) is 0. The average Bonchev–Trinajstić information content (AvgIpc) is 2.36. The molecule has 1 heterocycles. The van der Waals surface area contributed by atoms with Crippen LogP contribution in [-0.4, -0.2) is 33.2 Å². The molecule has 1 rings (SSSR count). The van der Waals surface area contributed by atoms with Crippen LogP contribution in [-0.2, 0) is 21.3 Å². The number of hydrogen-bond acceptors (Lipinski definition) is 5. The fraction of sp³-hybridized carbons (Fsp3) is 0.545. The summed E-state index contributed by atoms with van der Waals surface area (Å²) in [7, 11) is -1.94. The molecule has 18 heavy (non-hydrogen) atoms. The Morgan fingerprint density at radius 3 is 2.72 bits per heavy atom. The molecule has 0 amide bonds. The molecule has 7 heteroatoms. The first kappa shape index (κ1) is 15.0. The number of pyridine rings is 1. The molecule has 1 atom stereocenters. The number of nitrogens with one attached hydrogen (secondary N) is 1. The van der Waals surface area contributed by atoms with Gasteiger partial charge in [0, 0.05) is 32.5 Å². The monoisotopic (exact) mass is 273 g/mol. The highest BCUT2D eigenvalue weighted by molar-refractivity contribution is 7.89. The van der Waals surface area contributed by atoms with Crippen LogP contribution >= 0.6 is 0 Å². The molecule has 0 spiro atoms. The Balaban J connectivity index is 2.73. The highest BCUT2D eigenvalue weighted by atomic mass is 32.2. The van der Waals surface area contributed by atoms with Crippen molar-refractivity contribution in [1.29, 1.82) is 0 Å². The van der Waals surface area contributed by atoms with Crippen LogP contribution in [0, 0.1) is 0 Å². The molecular formula is C11H19N3O3S. The van der Waals surface area contributed by atoms with E-state index in [0.29, 0.717) is 18.7 Å². The van der Waals surface area contributed by atoms with Gasteiger partial charge in [0.1, 0.15) is 4.90 Å². The first-order valence-corrected chi connectivity index (χ1v) is 7.14. The highest BCUT2D eigenvalue weighted by Crippen LogP contribution is 2.09. The maximum atomic E-state index is 12.0. The molecule has 0 aliphatic heterocycles. The Kier molecular flexibility index (Phi) is 5.67. The molecule has 0 bridgehead atoms. The van der Waals surface area contributed by atoms with Gasteiger partial charge in [0.05, 0.1) is 5.69 Å². The van der Waals surface area contributed by atoms with E-state index < -0.39 is 10.0 Å². The van der Waals surface area contributed by atoms with Gasteiger partial charge in [0.2, 0.25) is 10.0 Å². The summed E-state index contributed by atoms with van der Waals surface area (Å²) in [6.07, 6.45) is 1.93. The lowest BCUT2D eigenvalue weighted by Gasteiger charge is -2.13. The lowest BCUT2D eigenvalue weighted by Crippen LogP contribution is -2.33. The molecule has 0 aliphatic carbocycles. The molecule has 1 aromatic rings. The number of nitrogens with zero attached hydrogens (tertiary/aromatic N) is 1. The molecule has 0 radical (unpaired) electrons. The highest BCUT2D eigenvalue weighted by Gasteiger charge is 2.17. The van der Waals surface area contributed by atoms with Gasteiger partial charge in [-0.05, 0) is 25.5 Å². The van der Waals surface area contributed by atoms with Crippen molar-refractivity contribution in [2.24, 2.45) is 5.73 Å². The number of rotatable bonds is 7. The second-order valence-electron chi connectivity index (χ2n) is 3.99. The van der Waals surface area contributed by atoms with Crippen LogP contribution in [0.1, 0.15) is 19.0 Å². The van der Waals surface area contributed by atoms with Crippen LogP contribution in [0.2, 0.25) is 0 Å². The van der Waals surface area contributed by atoms with E-state index in [0.717, 1.165) is 0 Å². The third-order valence-corrected chi connectivity index (χ3v) is 4.00. The normalized spacial score (nSPS) is 13.5. The maximum absolute atomic E-state index is 12.0. The molecular weight excluding hydrogens is 254 g/mol. The zero-order valence-electron chi connectivity index (χ0n) is 10.6. The van der Waals surface area contributed by atoms with Crippen LogP contribution < -0.4 is 10.5 Å². The van der Waals surface area contributed by atoms with E-state index >= 15 is 0 Å². The molecule has 1 unspecified atom stereocenters.